The summed E-state index contributed by atoms with van der Waals surface area (Å²) < 4.78 is 21.8. The van der Waals surface area contributed by atoms with Crippen molar-refractivity contribution in [1.82, 2.24) is 9.80 Å². The second kappa shape index (κ2) is 20.8. The maximum Gasteiger partial charge on any atom is 0.320 e. The fraction of sp³-hybridized carbons (Fsp3) is 0.952. The zero-order valence-corrected chi connectivity index (χ0v) is 18.7. The number of hydrogen-bond donors (Lipinski definition) is 0. The van der Waals surface area contributed by atoms with Gasteiger partial charge in [0.1, 0.15) is 0 Å². The lowest BCUT2D eigenvalue weighted by Gasteiger charge is -2.31. The molecule has 0 heterocycles. The molecule has 0 fully saturated rings. The Morgan fingerprint density at radius 3 is 1.00 bits per heavy atom. The number of nitrogens with zero attached hydrogens (tertiary/aromatic N) is 2. The van der Waals surface area contributed by atoms with Crippen molar-refractivity contribution in [2.24, 2.45) is 0 Å². The van der Waals surface area contributed by atoms with E-state index in [-0.39, 0.29) is 6.03 Å². The van der Waals surface area contributed by atoms with Crippen LogP contribution in [0.25, 0.3) is 0 Å². The van der Waals surface area contributed by atoms with Crippen molar-refractivity contribution in [3.05, 3.63) is 0 Å². The normalized spacial score (nSPS) is 11.0. The molecular weight excluding hydrogens is 360 g/mol. The van der Waals surface area contributed by atoms with Gasteiger partial charge in [-0.05, 0) is 53.4 Å². The minimum Gasteiger partial charge on any atom is -0.382 e. The van der Waals surface area contributed by atoms with Crippen LogP contribution in [0.3, 0.4) is 0 Å². The van der Waals surface area contributed by atoms with Crippen molar-refractivity contribution < 1.29 is 23.7 Å². The van der Waals surface area contributed by atoms with Crippen LogP contribution in [-0.4, -0.2) is 94.9 Å². The molecule has 0 radical (unpaired) electrons. The van der Waals surface area contributed by atoms with E-state index >= 15 is 0 Å². The summed E-state index contributed by atoms with van der Waals surface area (Å²) in [6.07, 6.45) is 3.39. The molecule has 0 atom stereocenters. The highest BCUT2D eigenvalue weighted by molar-refractivity contribution is 5.74. The maximum atomic E-state index is 13.2. The summed E-state index contributed by atoms with van der Waals surface area (Å²) in [6, 6.07) is 0.0981. The van der Waals surface area contributed by atoms with Crippen LogP contribution < -0.4 is 0 Å². The number of amides is 2. The molecule has 0 spiro atoms. The third-order valence-electron chi connectivity index (χ3n) is 4.22. The van der Waals surface area contributed by atoms with Gasteiger partial charge in [-0.2, -0.15) is 0 Å². The first-order valence-electron chi connectivity index (χ1n) is 11.1. The van der Waals surface area contributed by atoms with Crippen molar-refractivity contribution in [3.8, 4) is 0 Å². The van der Waals surface area contributed by atoms with Gasteiger partial charge in [-0.15, -0.1) is 0 Å². The van der Waals surface area contributed by atoms with Crippen LogP contribution in [-0.2, 0) is 18.9 Å². The SMILES string of the molecule is CCOCCCN(CCCOCC)C(=O)N(CCCOCC)CCCOCC. The third kappa shape index (κ3) is 15.1. The second-order valence-electron chi connectivity index (χ2n) is 6.46. The molecule has 0 saturated carbocycles. The minimum absolute atomic E-state index is 0.0981. The standard InChI is InChI=1S/C21H44N2O5/c1-5-25-17-9-13-22(14-10-18-26-6-2)21(24)23(15-11-19-27-7-3)16-12-20-28-8-4/h5-20H2,1-4H3. The van der Waals surface area contributed by atoms with Gasteiger partial charge in [-0.25, -0.2) is 4.79 Å². The van der Waals surface area contributed by atoms with Crippen molar-refractivity contribution in [1.29, 1.82) is 0 Å². The van der Waals surface area contributed by atoms with E-state index in [1.807, 2.05) is 37.5 Å². The van der Waals surface area contributed by atoms with Gasteiger partial charge < -0.3 is 28.7 Å². The van der Waals surface area contributed by atoms with E-state index in [1.54, 1.807) is 0 Å². The molecule has 0 aliphatic carbocycles. The Labute approximate surface area is 172 Å². The number of hydrogen-bond acceptors (Lipinski definition) is 5. The first-order valence-corrected chi connectivity index (χ1v) is 11.1. The molecule has 0 aliphatic rings. The fourth-order valence-corrected chi connectivity index (χ4v) is 2.81. The molecule has 7 nitrogen and oxygen atoms in total. The lowest BCUT2D eigenvalue weighted by Crippen LogP contribution is -2.45. The Hall–Kier alpha value is -0.890. The van der Waals surface area contributed by atoms with Crippen LogP contribution in [0.15, 0.2) is 0 Å². The Morgan fingerprint density at radius 1 is 0.536 bits per heavy atom. The summed E-state index contributed by atoms with van der Waals surface area (Å²) >= 11 is 0. The van der Waals surface area contributed by atoms with E-state index < -0.39 is 0 Å². The number of carbonyl (C=O) groups excluding carboxylic acids is 1. The molecule has 0 aromatic carbocycles. The highest BCUT2D eigenvalue weighted by atomic mass is 16.5. The highest BCUT2D eigenvalue weighted by Gasteiger charge is 2.20. The van der Waals surface area contributed by atoms with Gasteiger partial charge in [0, 0.05) is 79.0 Å². The summed E-state index contributed by atoms with van der Waals surface area (Å²) in [4.78, 5) is 17.1. The van der Waals surface area contributed by atoms with Crippen LogP contribution >= 0.6 is 0 Å². The molecule has 0 bridgehead atoms. The molecular formula is C21H44N2O5. The van der Waals surface area contributed by atoms with Gasteiger partial charge in [-0.3, -0.25) is 0 Å². The van der Waals surface area contributed by atoms with Crippen molar-refractivity contribution in [2.75, 3.05) is 79.0 Å². The van der Waals surface area contributed by atoms with Gasteiger partial charge >= 0.3 is 6.03 Å². The van der Waals surface area contributed by atoms with Gasteiger partial charge in [0.15, 0.2) is 0 Å². The Kier molecular flexibility index (Phi) is 20.2. The Bertz CT molecular complexity index is 291. The fourth-order valence-electron chi connectivity index (χ4n) is 2.81. The number of carbonyl (C=O) groups is 1. The average molecular weight is 405 g/mol. The topological polar surface area (TPSA) is 60.5 Å². The lowest BCUT2D eigenvalue weighted by atomic mass is 10.3. The van der Waals surface area contributed by atoms with E-state index in [4.69, 9.17) is 18.9 Å². The molecule has 0 aromatic heterocycles. The lowest BCUT2D eigenvalue weighted by molar-refractivity contribution is 0.0994. The Balaban J connectivity index is 4.72. The van der Waals surface area contributed by atoms with Gasteiger partial charge in [0.25, 0.3) is 0 Å². The van der Waals surface area contributed by atoms with Crippen LogP contribution in [0.2, 0.25) is 0 Å². The van der Waals surface area contributed by atoms with Crippen LogP contribution in [0.1, 0.15) is 53.4 Å². The third-order valence-corrected chi connectivity index (χ3v) is 4.22. The smallest absolute Gasteiger partial charge is 0.320 e. The summed E-state index contributed by atoms with van der Waals surface area (Å²) in [5.41, 5.74) is 0. The van der Waals surface area contributed by atoms with E-state index in [2.05, 4.69) is 0 Å². The molecule has 0 aromatic rings. The van der Waals surface area contributed by atoms with Crippen molar-refractivity contribution in [2.45, 2.75) is 53.4 Å². The van der Waals surface area contributed by atoms with Crippen LogP contribution in [0, 0.1) is 0 Å². The van der Waals surface area contributed by atoms with Gasteiger partial charge in [0.05, 0.1) is 0 Å². The molecule has 28 heavy (non-hydrogen) atoms. The average Bonchev–Trinajstić information content (AvgIpc) is 2.71. The van der Waals surface area contributed by atoms with E-state index in [0.29, 0.717) is 79.0 Å². The van der Waals surface area contributed by atoms with Crippen molar-refractivity contribution >= 4 is 6.03 Å². The summed E-state index contributed by atoms with van der Waals surface area (Å²) in [5.74, 6) is 0. The molecule has 2 amide bonds. The molecule has 7 heteroatoms. The number of ether oxygens (including phenoxy) is 4. The van der Waals surface area contributed by atoms with Crippen molar-refractivity contribution in [3.63, 3.8) is 0 Å². The van der Waals surface area contributed by atoms with E-state index in [0.717, 1.165) is 25.7 Å². The predicted octanol–water partition coefficient (Wildman–Crippen LogP) is 3.42. The van der Waals surface area contributed by atoms with Gasteiger partial charge in [0.2, 0.25) is 0 Å². The molecule has 168 valence electrons. The summed E-state index contributed by atoms with van der Waals surface area (Å²) in [7, 11) is 0. The molecule has 0 rings (SSSR count). The first kappa shape index (κ1) is 27.1. The summed E-state index contributed by atoms with van der Waals surface area (Å²) in [6.45, 7) is 16.3. The molecule has 0 unspecified atom stereocenters. The zero-order valence-electron chi connectivity index (χ0n) is 18.7. The second-order valence-corrected chi connectivity index (χ2v) is 6.46. The quantitative estimate of drug-likeness (QED) is 0.291. The molecule has 0 N–H and O–H groups in total. The predicted molar refractivity (Wildman–Crippen MR) is 113 cm³/mol. The van der Waals surface area contributed by atoms with Crippen LogP contribution in [0.5, 0.6) is 0 Å². The largest absolute Gasteiger partial charge is 0.382 e. The Morgan fingerprint density at radius 2 is 0.786 bits per heavy atom. The van der Waals surface area contributed by atoms with Crippen LogP contribution in [0.4, 0.5) is 4.79 Å². The maximum absolute atomic E-state index is 13.2. The highest BCUT2D eigenvalue weighted by Crippen LogP contribution is 2.06. The zero-order chi connectivity index (χ0) is 20.9. The monoisotopic (exact) mass is 404 g/mol. The van der Waals surface area contributed by atoms with E-state index in [9.17, 15) is 4.79 Å². The molecule has 0 aliphatic heterocycles. The summed E-state index contributed by atoms with van der Waals surface area (Å²) in [5, 5.41) is 0. The molecule has 0 saturated heterocycles. The minimum atomic E-state index is 0.0981. The van der Waals surface area contributed by atoms with E-state index in [1.165, 1.54) is 0 Å². The number of urea groups is 1. The number of rotatable bonds is 20. The van der Waals surface area contributed by atoms with Gasteiger partial charge in [-0.1, -0.05) is 0 Å². The first-order chi connectivity index (χ1) is 13.7.